The van der Waals surface area contributed by atoms with Crippen LogP contribution in [0.4, 0.5) is 0 Å². The van der Waals surface area contributed by atoms with E-state index < -0.39 is 0 Å². The van der Waals surface area contributed by atoms with Gasteiger partial charge in [0, 0.05) is 31.0 Å². The number of nitrogens with zero attached hydrogens (tertiary/aromatic N) is 4. The van der Waals surface area contributed by atoms with E-state index in [4.69, 9.17) is 0 Å². The van der Waals surface area contributed by atoms with Gasteiger partial charge in [0.05, 0.1) is 24.0 Å². The third kappa shape index (κ3) is 3.42. The Labute approximate surface area is 137 Å². The Hall–Kier alpha value is -2.62. The van der Waals surface area contributed by atoms with Crippen molar-refractivity contribution in [3.8, 4) is 11.3 Å². The number of aromatic nitrogens is 4. The third-order valence-corrected chi connectivity index (χ3v) is 4.07. The molecule has 0 bridgehead atoms. The second-order valence-electron chi connectivity index (χ2n) is 5.63. The van der Waals surface area contributed by atoms with Crippen LogP contribution in [-0.2, 0) is 13.1 Å². The Kier molecular flexibility index (Phi) is 4.71. The van der Waals surface area contributed by atoms with Crippen molar-refractivity contribution in [2.75, 3.05) is 0 Å². The van der Waals surface area contributed by atoms with E-state index in [-0.39, 0.29) is 0 Å². The van der Waals surface area contributed by atoms with Gasteiger partial charge in [-0.25, -0.2) is 9.97 Å². The highest BCUT2D eigenvalue weighted by atomic mass is 15.1. The summed E-state index contributed by atoms with van der Waals surface area (Å²) in [6.07, 6.45) is 10.8. The molecule has 2 aromatic heterocycles. The topological polar surface area (TPSA) is 35.6 Å². The first-order chi connectivity index (χ1) is 11.3. The van der Waals surface area contributed by atoms with Crippen LogP contribution in [-0.4, -0.2) is 19.1 Å². The van der Waals surface area contributed by atoms with E-state index in [2.05, 4.69) is 63.3 Å². The van der Waals surface area contributed by atoms with Gasteiger partial charge in [0.1, 0.15) is 0 Å². The Balaban J connectivity index is 1.84. The molecule has 0 amide bonds. The highest BCUT2D eigenvalue weighted by Gasteiger charge is 2.13. The molecular formula is C19H22N4. The van der Waals surface area contributed by atoms with Crippen LogP contribution in [0.5, 0.6) is 0 Å². The van der Waals surface area contributed by atoms with Gasteiger partial charge >= 0.3 is 0 Å². The molecule has 0 N–H and O–H groups in total. The van der Waals surface area contributed by atoms with E-state index in [1.807, 2.05) is 31.1 Å². The van der Waals surface area contributed by atoms with Crippen LogP contribution in [0.1, 0.15) is 26.0 Å². The summed E-state index contributed by atoms with van der Waals surface area (Å²) in [5, 5.41) is 0. The lowest BCUT2D eigenvalue weighted by Crippen LogP contribution is -2.05. The standard InChI is InChI=1S/C19H22N4/c1-3-16(2)19-18(17-8-5-4-6-9-17)21-15-23(19)12-7-11-22-13-10-20-14-22/h3-6,8-10,13-15H,7,11-12H2,1-2H3. The van der Waals surface area contributed by atoms with Crippen LogP contribution in [0.25, 0.3) is 16.8 Å². The molecule has 4 nitrogen and oxygen atoms in total. The Morgan fingerprint density at radius 2 is 1.96 bits per heavy atom. The van der Waals surface area contributed by atoms with E-state index in [1.54, 1.807) is 0 Å². The number of benzene rings is 1. The van der Waals surface area contributed by atoms with E-state index in [1.165, 1.54) is 11.3 Å². The first-order valence-electron chi connectivity index (χ1n) is 7.99. The van der Waals surface area contributed by atoms with E-state index in [9.17, 15) is 0 Å². The number of allylic oxidation sites excluding steroid dienone is 2. The van der Waals surface area contributed by atoms with Gasteiger partial charge in [-0.1, -0.05) is 36.4 Å². The molecule has 0 aliphatic rings. The molecule has 0 radical (unpaired) electrons. The molecule has 4 heteroatoms. The van der Waals surface area contributed by atoms with Gasteiger partial charge in [-0.2, -0.15) is 0 Å². The van der Waals surface area contributed by atoms with Gasteiger partial charge in [0.2, 0.25) is 0 Å². The van der Waals surface area contributed by atoms with E-state index >= 15 is 0 Å². The summed E-state index contributed by atoms with van der Waals surface area (Å²) in [5.41, 5.74) is 4.69. The zero-order chi connectivity index (χ0) is 16.1. The van der Waals surface area contributed by atoms with Crippen molar-refractivity contribution < 1.29 is 0 Å². The summed E-state index contributed by atoms with van der Waals surface area (Å²) < 4.78 is 4.37. The molecule has 0 aliphatic carbocycles. The normalized spacial score (nSPS) is 11.8. The zero-order valence-electron chi connectivity index (χ0n) is 13.7. The van der Waals surface area contributed by atoms with Crippen molar-refractivity contribution in [3.63, 3.8) is 0 Å². The lowest BCUT2D eigenvalue weighted by atomic mass is 10.1. The maximum Gasteiger partial charge on any atom is 0.0959 e. The minimum absolute atomic E-state index is 0.943. The summed E-state index contributed by atoms with van der Waals surface area (Å²) >= 11 is 0. The lowest BCUT2D eigenvalue weighted by Gasteiger charge is -2.11. The van der Waals surface area contributed by atoms with Crippen molar-refractivity contribution >= 4 is 5.57 Å². The first-order valence-corrected chi connectivity index (χ1v) is 7.99. The monoisotopic (exact) mass is 306 g/mol. The molecule has 0 saturated heterocycles. The highest BCUT2D eigenvalue weighted by molar-refractivity contribution is 5.76. The van der Waals surface area contributed by atoms with Crippen LogP contribution in [0, 0.1) is 0 Å². The fourth-order valence-electron chi connectivity index (χ4n) is 2.75. The number of rotatable bonds is 6. The van der Waals surface area contributed by atoms with Crippen molar-refractivity contribution in [2.24, 2.45) is 0 Å². The minimum atomic E-state index is 0.943. The van der Waals surface area contributed by atoms with Crippen molar-refractivity contribution in [1.29, 1.82) is 0 Å². The lowest BCUT2D eigenvalue weighted by molar-refractivity contribution is 0.560. The molecule has 23 heavy (non-hydrogen) atoms. The van der Waals surface area contributed by atoms with Crippen LogP contribution in [0.2, 0.25) is 0 Å². The number of hydrogen-bond donors (Lipinski definition) is 0. The first kappa shape index (κ1) is 15.3. The van der Waals surface area contributed by atoms with Crippen LogP contribution < -0.4 is 0 Å². The fraction of sp³-hybridized carbons (Fsp3) is 0.263. The summed E-state index contributed by atoms with van der Waals surface area (Å²) in [6, 6.07) is 10.4. The van der Waals surface area contributed by atoms with Gasteiger partial charge in [-0.15, -0.1) is 0 Å². The second-order valence-corrected chi connectivity index (χ2v) is 5.63. The summed E-state index contributed by atoms with van der Waals surface area (Å²) in [6.45, 7) is 6.13. The average Bonchev–Trinajstić information content (AvgIpc) is 3.25. The predicted octanol–water partition coefficient (Wildman–Crippen LogP) is 4.26. The van der Waals surface area contributed by atoms with Crippen LogP contribution in [0.3, 0.4) is 0 Å². The molecule has 118 valence electrons. The smallest absolute Gasteiger partial charge is 0.0959 e. The van der Waals surface area contributed by atoms with Crippen LogP contribution in [0.15, 0.2) is 61.5 Å². The van der Waals surface area contributed by atoms with Gasteiger partial charge in [0.25, 0.3) is 0 Å². The predicted molar refractivity (Wildman–Crippen MR) is 93.8 cm³/mol. The quantitative estimate of drug-likeness (QED) is 0.682. The molecule has 3 rings (SSSR count). The third-order valence-electron chi connectivity index (χ3n) is 4.07. The molecule has 0 spiro atoms. The highest BCUT2D eigenvalue weighted by Crippen LogP contribution is 2.27. The molecule has 1 aromatic carbocycles. The number of aryl methyl sites for hydroxylation is 2. The minimum Gasteiger partial charge on any atom is -0.337 e. The Morgan fingerprint density at radius 3 is 2.65 bits per heavy atom. The molecular weight excluding hydrogens is 284 g/mol. The summed E-state index contributed by atoms with van der Waals surface area (Å²) in [4.78, 5) is 8.76. The van der Waals surface area contributed by atoms with Crippen molar-refractivity contribution in [1.82, 2.24) is 19.1 Å². The van der Waals surface area contributed by atoms with Gasteiger partial charge in [-0.3, -0.25) is 0 Å². The summed E-state index contributed by atoms with van der Waals surface area (Å²) in [7, 11) is 0. The molecule has 0 atom stereocenters. The largest absolute Gasteiger partial charge is 0.337 e. The number of imidazole rings is 2. The molecule has 0 saturated carbocycles. The average molecular weight is 306 g/mol. The SMILES string of the molecule is CC=C(C)c1c(-c2ccccc2)ncn1CCCn1ccnc1. The molecule has 3 aromatic rings. The second kappa shape index (κ2) is 7.09. The fourth-order valence-corrected chi connectivity index (χ4v) is 2.75. The van der Waals surface area contributed by atoms with Crippen molar-refractivity contribution in [3.05, 3.63) is 67.2 Å². The summed E-state index contributed by atoms with van der Waals surface area (Å²) in [5.74, 6) is 0. The molecule has 2 heterocycles. The Morgan fingerprint density at radius 1 is 1.13 bits per heavy atom. The Bertz CT molecular complexity index is 767. The molecule has 0 aliphatic heterocycles. The molecule has 0 fully saturated rings. The number of hydrogen-bond acceptors (Lipinski definition) is 2. The van der Waals surface area contributed by atoms with E-state index in [0.717, 1.165) is 30.8 Å². The van der Waals surface area contributed by atoms with Gasteiger partial charge in [0.15, 0.2) is 0 Å². The van der Waals surface area contributed by atoms with Gasteiger partial charge < -0.3 is 9.13 Å². The van der Waals surface area contributed by atoms with Crippen LogP contribution >= 0.6 is 0 Å². The maximum absolute atomic E-state index is 4.67. The van der Waals surface area contributed by atoms with E-state index in [0.29, 0.717) is 0 Å². The van der Waals surface area contributed by atoms with Crippen molar-refractivity contribution in [2.45, 2.75) is 33.4 Å². The maximum atomic E-state index is 4.67. The molecule has 0 unspecified atom stereocenters. The zero-order valence-corrected chi connectivity index (χ0v) is 13.7. The van der Waals surface area contributed by atoms with Gasteiger partial charge in [-0.05, 0) is 25.8 Å².